The zero-order valence-corrected chi connectivity index (χ0v) is 17.6. The number of hydrogen-bond donors (Lipinski definition) is 2. The van der Waals surface area contributed by atoms with E-state index in [9.17, 15) is 22.8 Å². The summed E-state index contributed by atoms with van der Waals surface area (Å²) in [5.41, 5.74) is 6.39. The minimum atomic E-state index is -4.86. The number of alkyl carbamates (subject to hydrolysis) is 1. The average Bonchev–Trinajstić information content (AvgIpc) is 3.03. The van der Waals surface area contributed by atoms with Crippen molar-refractivity contribution in [1.82, 2.24) is 9.88 Å². The van der Waals surface area contributed by atoms with E-state index in [-0.39, 0.29) is 12.2 Å². The molecule has 7 nitrogen and oxygen atoms in total. The van der Waals surface area contributed by atoms with Gasteiger partial charge in [0, 0.05) is 23.7 Å². The number of fused-ring (bicyclic) bond motifs is 1. The van der Waals surface area contributed by atoms with Gasteiger partial charge >= 0.3 is 12.5 Å². The lowest BCUT2D eigenvalue weighted by atomic mass is 10.2. The van der Waals surface area contributed by atoms with E-state index in [1.165, 1.54) is 22.8 Å². The summed E-state index contributed by atoms with van der Waals surface area (Å²) >= 11 is 0. The standard InChI is InChI=1S/C22H22F3N3O4/c1-21(2,3)32-20(30)27-12-13-5-4-6-15(9-13)28-17-11-16(31-22(23,24)25)8-7-14(17)10-18(28)19(26)29/h4-11H,12H2,1-3H3,(H2,26,29)(H,27,30). The Morgan fingerprint density at radius 1 is 1.06 bits per heavy atom. The molecule has 3 aromatic rings. The van der Waals surface area contributed by atoms with Gasteiger partial charge in [0.2, 0.25) is 0 Å². The third kappa shape index (κ3) is 5.71. The summed E-state index contributed by atoms with van der Waals surface area (Å²) in [6, 6.07) is 12.0. The molecule has 0 aliphatic rings. The number of rotatable bonds is 5. The Morgan fingerprint density at radius 2 is 1.78 bits per heavy atom. The third-order valence-electron chi connectivity index (χ3n) is 4.27. The van der Waals surface area contributed by atoms with Gasteiger partial charge in [-0.25, -0.2) is 4.79 Å². The van der Waals surface area contributed by atoms with Crippen LogP contribution < -0.4 is 15.8 Å². The van der Waals surface area contributed by atoms with E-state index in [1.54, 1.807) is 45.0 Å². The maximum Gasteiger partial charge on any atom is 0.573 e. The van der Waals surface area contributed by atoms with Crippen LogP contribution in [0.2, 0.25) is 0 Å². The summed E-state index contributed by atoms with van der Waals surface area (Å²) in [6.07, 6.45) is -5.45. The molecule has 0 fully saturated rings. The number of carbonyl (C=O) groups is 2. The molecule has 0 unspecified atom stereocenters. The summed E-state index contributed by atoms with van der Waals surface area (Å²) < 4.78 is 48.6. The number of halogens is 3. The van der Waals surface area contributed by atoms with Gasteiger partial charge in [-0.2, -0.15) is 0 Å². The lowest BCUT2D eigenvalue weighted by molar-refractivity contribution is -0.274. The number of aromatic nitrogens is 1. The molecule has 1 aromatic heterocycles. The molecule has 2 aromatic carbocycles. The van der Waals surface area contributed by atoms with Crippen LogP contribution in [0.1, 0.15) is 36.8 Å². The molecule has 32 heavy (non-hydrogen) atoms. The van der Waals surface area contributed by atoms with Crippen LogP contribution in [0.5, 0.6) is 5.75 Å². The van der Waals surface area contributed by atoms with E-state index in [0.717, 1.165) is 6.07 Å². The second kappa shape index (κ2) is 8.45. The highest BCUT2D eigenvalue weighted by molar-refractivity contribution is 5.99. The van der Waals surface area contributed by atoms with Gasteiger partial charge in [-0.1, -0.05) is 12.1 Å². The van der Waals surface area contributed by atoms with Crippen molar-refractivity contribution in [2.24, 2.45) is 5.73 Å². The van der Waals surface area contributed by atoms with E-state index in [4.69, 9.17) is 10.5 Å². The van der Waals surface area contributed by atoms with Crippen molar-refractivity contribution >= 4 is 22.9 Å². The van der Waals surface area contributed by atoms with Crippen LogP contribution in [0, 0.1) is 0 Å². The van der Waals surface area contributed by atoms with Gasteiger partial charge in [-0.05, 0) is 56.7 Å². The van der Waals surface area contributed by atoms with Gasteiger partial charge in [-0.3, -0.25) is 4.79 Å². The number of primary amides is 1. The lowest BCUT2D eigenvalue weighted by Crippen LogP contribution is -2.32. The second-order valence-corrected chi connectivity index (χ2v) is 8.02. The fourth-order valence-corrected chi connectivity index (χ4v) is 3.13. The minimum absolute atomic E-state index is 0.0846. The van der Waals surface area contributed by atoms with E-state index < -0.39 is 29.7 Å². The normalized spacial score (nSPS) is 11.9. The fraction of sp³-hybridized carbons (Fsp3) is 0.273. The Hall–Kier alpha value is -3.69. The van der Waals surface area contributed by atoms with Gasteiger partial charge in [0.1, 0.15) is 17.0 Å². The Morgan fingerprint density at radius 3 is 2.41 bits per heavy atom. The predicted molar refractivity (Wildman–Crippen MR) is 112 cm³/mol. The van der Waals surface area contributed by atoms with Gasteiger partial charge in [0.05, 0.1) is 5.52 Å². The number of amides is 2. The minimum Gasteiger partial charge on any atom is -0.444 e. The zero-order chi connectivity index (χ0) is 23.7. The van der Waals surface area contributed by atoms with Crippen LogP contribution in [0.25, 0.3) is 16.6 Å². The molecular formula is C22H22F3N3O4. The van der Waals surface area contributed by atoms with Crippen LogP contribution in [0.3, 0.4) is 0 Å². The third-order valence-corrected chi connectivity index (χ3v) is 4.27. The van der Waals surface area contributed by atoms with E-state index in [0.29, 0.717) is 22.2 Å². The molecule has 0 bridgehead atoms. The summed E-state index contributed by atoms with van der Waals surface area (Å²) in [5.74, 6) is -1.18. The number of ether oxygens (including phenoxy) is 2. The summed E-state index contributed by atoms with van der Waals surface area (Å²) in [7, 11) is 0. The van der Waals surface area contributed by atoms with Crippen molar-refractivity contribution in [1.29, 1.82) is 0 Å². The molecule has 2 amide bonds. The SMILES string of the molecule is CC(C)(C)OC(=O)NCc1cccc(-n2c(C(N)=O)cc3ccc(OC(F)(F)F)cc32)c1. The quantitative estimate of drug-likeness (QED) is 0.593. The van der Waals surface area contributed by atoms with Gasteiger partial charge in [0.25, 0.3) is 5.91 Å². The molecule has 0 atom stereocenters. The van der Waals surface area contributed by atoms with Crippen molar-refractivity contribution in [3.05, 3.63) is 59.8 Å². The molecule has 0 saturated carbocycles. The lowest BCUT2D eigenvalue weighted by Gasteiger charge is -2.19. The topological polar surface area (TPSA) is 95.6 Å². The van der Waals surface area contributed by atoms with Crippen LogP contribution in [-0.2, 0) is 11.3 Å². The molecule has 1 heterocycles. The molecular weight excluding hydrogens is 427 g/mol. The average molecular weight is 449 g/mol. The van der Waals surface area contributed by atoms with Gasteiger partial charge < -0.3 is 25.1 Å². The van der Waals surface area contributed by atoms with Crippen molar-refractivity contribution in [3.8, 4) is 11.4 Å². The molecule has 3 rings (SSSR count). The number of hydrogen-bond acceptors (Lipinski definition) is 4. The van der Waals surface area contributed by atoms with E-state index in [2.05, 4.69) is 10.1 Å². The van der Waals surface area contributed by atoms with Crippen molar-refractivity contribution in [3.63, 3.8) is 0 Å². The van der Waals surface area contributed by atoms with Gasteiger partial charge in [-0.15, -0.1) is 13.2 Å². The van der Waals surface area contributed by atoms with Crippen LogP contribution >= 0.6 is 0 Å². The highest BCUT2D eigenvalue weighted by Crippen LogP contribution is 2.30. The molecule has 10 heteroatoms. The Bertz CT molecular complexity index is 1160. The van der Waals surface area contributed by atoms with Crippen LogP contribution in [0.4, 0.5) is 18.0 Å². The number of carbonyl (C=O) groups excluding carboxylic acids is 2. The Kier molecular flexibility index (Phi) is 6.07. The first-order valence-corrected chi connectivity index (χ1v) is 9.60. The second-order valence-electron chi connectivity index (χ2n) is 8.02. The van der Waals surface area contributed by atoms with Crippen LogP contribution in [-0.4, -0.2) is 28.5 Å². The summed E-state index contributed by atoms with van der Waals surface area (Å²) in [4.78, 5) is 23.9. The van der Waals surface area contributed by atoms with E-state index >= 15 is 0 Å². The first-order valence-electron chi connectivity index (χ1n) is 9.60. The Balaban J connectivity index is 1.98. The number of nitrogens with two attached hydrogens (primary N) is 1. The Labute approximate surface area is 181 Å². The monoisotopic (exact) mass is 449 g/mol. The van der Waals surface area contributed by atoms with Gasteiger partial charge in [0.15, 0.2) is 0 Å². The van der Waals surface area contributed by atoms with Crippen molar-refractivity contribution in [2.45, 2.75) is 39.3 Å². The van der Waals surface area contributed by atoms with E-state index in [1.807, 2.05) is 0 Å². The summed E-state index contributed by atoms with van der Waals surface area (Å²) in [6.45, 7) is 5.36. The number of nitrogens with zero attached hydrogens (tertiary/aromatic N) is 1. The molecule has 0 aliphatic carbocycles. The molecule has 0 radical (unpaired) electrons. The smallest absolute Gasteiger partial charge is 0.444 e. The number of alkyl halides is 3. The number of nitrogens with one attached hydrogen (secondary N) is 1. The highest BCUT2D eigenvalue weighted by Gasteiger charge is 2.31. The molecule has 0 spiro atoms. The predicted octanol–water partition coefficient (Wildman–Crippen LogP) is 4.65. The largest absolute Gasteiger partial charge is 0.573 e. The first kappa shape index (κ1) is 23.0. The number of benzene rings is 2. The summed E-state index contributed by atoms with van der Waals surface area (Å²) in [5, 5.41) is 3.14. The fourth-order valence-electron chi connectivity index (χ4n) is 3.13. The first-order chi connectivity index (χ1) is 14.8. The molecule has 3 N–H and O–H groups in total. The van der Waals surface area contributed by atoms with Crippen molar-refractivity contribution < 1.29 is 32.2 Å². The highest BCUT2D eigenvalue weighted by atomic mass is 19.4. The maximum absolute atomic E-state index is 12.7. The maximum atomic E-state index is 12.7. The van der Waals surface area contributed by atoms with Crippen LogP contribution in [0.15, 0.2) is 48.5 Å². The molecule has 0 saturated heterocycles. The molecule has 170 valence electrons. The van der Waals surface area contributed by atoms with Crippen molar-refractivity contribution in [2.75, 3.05) is 0 Å². The zero-order valence-electron chi connectivity index (χ0n) is 17.6. The molecule has 0 aliphatic heterocycles.